The van der Waals surface area contributed by atoms with Gasteiger partial charge in [0.1, 0.15) is 23.7 Å². The molecule has 7 heteroatoms. The molecule has 1 aromatic carbocycles. The van der Waals surface area contributed by atoms with E-state index in [1.54, 1.807) is 16.8 Å². The molecular formula is C13H16ClN3O3. The van der Waals surface area contributed by atoms with Crippen LogP contribution in [-0.4, -0.2) is 31.8 Å². The molecule has 1 heterocycles. The summed E-state index contributed by atoms with van der Waals surface area (Å²) in [5.41, 5.74) is 1.15. The summed E-state index contributed by atoms with van der Waals surface area (Å²) in [5, 5.41) is 26.5. The Labute approximate surface area is 121 Å². The smallest absolute Gasteiger partial charge is 0.138 e. The number of aromatic nitrogens is 3. The predicted molar refractivity (Wildman–Crippen MR) is 73.4 cm³/mol. The number of hydrogen-bond donors (Lipinski definition) is 2. The van der Waals surface area contributed by atoms with Crippen molar-refractivity contribution in [1.29, 1.82) is 0 Å². The largest absolute Gasteiger partial charge is 0.486 e. The van der Waals surface area contributed by atoms with Crippen LogP contribution in [0.3, 0.4) is 0 Å². The highest BCUT2D eigenvalue weighted by Gasteiger charge is 2.13. The van der Waals surface area contributed by atoms with Crippen LogP contribution in [0.4, 0.5) is 0 Å². The summed E-state index contributed by atoms with van der Waals surface area (Å²) < 4.78 is 7.26. The Kier molecular flexibility index (Phi) is 5.34. The highest BCUT2D eigenvalue weighted by Crippen LogP contribution is 2.24. The molecule has 0 aliphatic carbocycles. The number of ether oxygens (including phenoxy) is 1. The van der Waals surface area contributed by atoms with Crippen LogP contribution in [0.5, 0.6) is 5.75 Å². The molecule has 0 saturated heterocycles. The van der Waals surface area contributed by atoms with Crippen molar-refractivity contribution in [2.24, 2.45) is 0 Å². The van der Waals surface area contributed by atoms with E-state index < -0.39 is 0 Å². The number of nitrogens with zero attached hydrogens (tertiary/aromatic N) is 3. The number of aliphatic hydroxyl groups is 2. The maximum Gasteiger partial charge on any atom is 0.138 e. The lowest BCUT2D eigenvalue weighted by molar-refractivity contribution is 0.255. The Balaban J connectivity index is 2.11. The van der Waals surface area contributed by atoms with Gasteiger partial charge in [-0.25, -0.2) is 4.68 Å². The van der Waals surface area contributed by atoms with Gasteiger partial charge in [0, 0.05) is 13.2 Å². The first kappa shape index (κ1) is 14.8. The monoisotopic (exact) mass is 297 g/mol. The molecule has 0 aliphatic heterocycles. The highest BCUT2D eigenvalue weighted by atomic mass is 35.5. The van der Waals surface area contributed by atoms with Gasteiger partial charge < -0.3 is 14.9 Å². The molecule has 0 atom stereocenters. The fraction of sp³-hybridized carbons (Fsp3) is 0.385. The van der Waals surface area contributed by atoms with Gasteiger partial charge in [0.15, 0.2) is 0 Å². The van der Waals surface area contributed by atoms with E-state index >= 15 is 0 Å². The fourth-order valence-corrected chi connectivity index (χ4v) is 1.95. The van der Waals surface area contributed by atoms with Crippen molar-refractivity contribution in [2.75, 3.05) is 6.61 Å². The van der Waals surface area contributed by atoms with Crippen molar-refractivity contribution in [3.63, 3.8) is 0 Å². The second-order valence-electron chi connectivity index (χ2n) is 4.16. The lowest BCUT2D eigenvalue weighted by Crippen LogP contribution is -2.10. The number of benzene rings is 1. The van der Waals surface area contributed by atoms with Gasteiger partial charge in [-0.2, -0.15) is 0 Å². The minimum Gasteiger partial charge on any atom is -0.486 e. The first-order chi connectivity index (χ1) is 9.76. The third-order valence-electron chi connectivity index (χ3n) is 2.80. The number of halogens is 1. The standard InChI is InChI=1S/C13H16ClN3O3/c14-10-4-1-2-5-13(10)20-9-12-11(8-19)15-16-17(12)6-3-7-18/h1-2,4-5,18-19H,3,6-9H2. The number of hydrogen-bond acceptors (Lipinski definition) is 5. The molecule has 0 radical (unpaired) electrons. The van der Waals surface area contributed by atoms with Crippen LogP contribution in [0.15, 0.2) is 24.3 Å². The van der Waals surface area contributed by atoms with Crippen molar-refractivity contribution < 1.29 is 14.9 Å². The summed E-state index contributed by atoms with van der Waals surface area (Å²) in [6, 6.07) is 7.16. The molecule has 0 fully saturated rings. The van der Waals surface area contributed by atoms with Crippen LogP contribution < -0.4 is 4.74 Å². The maximum absolute atomic E-state index is 9.26. The average Bonchev–Trinajstić information content (AvgIpc) is 2.86. The van der Waals surface area contributed by atoms with Gasteiger partial charge >= 0.3 is 0 Å². The van der Waals surface area contributed by atoms with E-state index in [9.17, 15) is 5.11 Å². The molecule has 2 rings (SSSR count). The molecule has 1 aromatic heterocycles. The van der Waals surface area contributed by atoms with Crippen LogP contribution in [0.1, 0.15) is 17.8 Å². The summed E-state index contributed by atoms with van der Waals surface area (Å²) in [6.45, 7) is 0.586. The summed E-state index contributed by atoms with van der Waals surface area (Å²) in [7, 11) is 0. The molecule has 2 aromatic rings. The van der Waals surface area contributed by atoms with Crippen molar-refractivity contribution in [2.45, 2.75) is 26.2 Å². The predicted octanol–water partition coefficient (Wildman–Crippen LogP) is 1.39. The Hall–Kier alpha value is -1.63. The van der Waals surface area contributed by atoms with E-state index in [1.807, 2.05) is 12.1 Å². The lowest BCUT2D eigenvalue weighted by Gasteiger charge is -2.10. The van der Waals surface area contributed by atoms with Gasteiger partial charge in [0.25, 0.3) is 0 Å². The summed E-state index contributed by atoms with van der Waals surface area (Å²) >= 11 is 6.02. The number of rotatable bonds is 7. The molecule has 0 unspecified atom stereocenters. The van der Waals surface area contributed by atoms with Crippen LogP contribution in [0.25, 0.3) is 0 Å². The first-order valence-corrected chi connectivity index (χ1v) is 6.64. The van der Waals surface area contributed by atoms with Crippen molar-refractivity contribution >= 4 is 11.6 Å². The summed E-state index contributed by atoms with van der Waals surface area (Å²) in [4.78, 5) is 0. The zero-order valence-corrected chi connectivity index (χ0v) is 11.6. The molecule has 0 bridgehead atoms. The third kappa shape index (κ3) is 3.47. The number of aryl methyl sites for hydroxylation is 1. The van der Waals surface area contributed by atoms with E-state index in [0.29, 0.717) is 35.1 Å². The topological polar surface area (TPSA) is 80.4 Å². The highest BCUT2D eigenvalue weighted by molar-refractivity contribution is 6.32. The Bertz CT molecular complexity index is 560. The first-order valence-electron chi connectivity index (χ1n) is 6.26. The summed E-state index contributed by atoms with van der Waals surface area (Å²) in [5.74, 6) is 0.563. The van der Waals surface area contributed by atoms with Gasteiger partial charge in [0.05, 0.1) is 11.6 Å². The van der Waals surface area contributed by atoms with E-state index in [1.165, 1.54) is 0 Å². The van der Waals surface area contributed by atoms with Gasteiger partial charge in [-0.15, -0.1) is 5.10 Å². The molecule has 0 saturated carbocycles. The van der Waals surface area contributed by atoms with E-state index in [0.717, 1.165) is 0 Å². The Morgan fingerprint density at radius 2 is 2.05 bits per heavy atom. The van der Waals surface area contributed by atoms with Gasteiger partial charge in [-0.1, -0.05) is 28.9 Å². The maximum atomic E-state index is 9.26. The second-order valence-corrected chi connectivity index (χ2v) is 4.57. The molecule has 0 spiro atoms. The minimum absolute atomic E-state index is 0.0686. The second kappa shape index (κ2) is 7.23. The van der Waals surface area contributed by atoms with Crippen molar-refractivity contribution in [1.82, 2.24) is 15.0 Å². The van der Waals surface area contributed by atoms with E-state index in [2.05, 4.69) is 10.3 Å². The third-order valence-corrected chi connectivity index (χ3v) is 3.11. The van der Waals surface area contributed by atoms with Crippen LogP contribution >= 0.6 is 11.6 Å². The number of para-hydroxylation sites is 1. The zero-order chi connectivity index (χ0) is 14.4. The molecule has 0 aliphatic rings. The van der Waals surface area contributed by atoms with E-state index in [-0.39, 0.29) is 19.8 Å². The van der Waals surface area contributed by atoms with Crippen molar-refractivity contribution in [3.8, 4) is 5.75 Å². The van der Waals surface area contributed by atoms with E-state index in [4.69, 9.17) is 21.4 Å². The minimum atomic E-state index is -0.208. The van der Waals surface area contributed by atoms with Crippen LogP contribution in [0, 0.1) is 0 Å². The average molecular weight is 298 g/mol. The molecular weight excluding hydrogens is 282 g/mol. The van der Waals surface area contributed by atoms with Crippen molar-refractivity contribution in [3.05, 3.63) is 40.7 Å². The van der Waals surface area contributed by atoms with Crippen LogP contribution in [-0.2, 0) is 19.8 Å². The molecule has 6 nitrogen and oxygen atoms in total. The van der Waals surface area contributed by atoms with Crippen LogP contribution in [0.2, 0.25) is 5.02 Å². The molecule has 0 amide bonds. The van der Waals surface area contributed by atoms with Gasteiger partial charge in [-0.3, -0.25) is 0 Å². The van der Waals surface area contributed by atoms with Gasteiger partial charge in [0.2, 0.25) is 0 Å². The fourth-order valence-electron chi connectivity index (χ4n) is 1.76. The molecule has 108 valence electrons. The Morgan fingerprint density at radius 3 is 2.75 bits per heavy atom. The Morgan fingerprint density at radius 1 is 1.25 bits per heavy atom. The SMILES string of the molecule is OCCCn1nnc(CO)c1COc1ccccc1Cl. The normalized spacial score (nSPS) is 10.8. The quantitative estimate of drug-likeness (QED) is 0.807. The lowest BCUT2D eigenvalue weighted by atomic mass is 10.3. The zero-order valence-electron chi connectivity index (χ0n) is 10.9. The molecule has 2 N–H and O–H groups in total. The van der Waals surface area contributed by atoms with Gasteiger partial charge in [-0.05, 0) is 18.6 Å². The number of aliphatic hydroxyl groups excluding tert-OH is 2. The summed E-state index contributed by atoms with van der Waals surface area (Å²) in [6.07, 6.45) is 0.563. The molecule has 20 heavy (non-hydrogen) atoms.